The van der Waals surface area contributed by atoms with E-state index in [1.54, 1.807) is 0 Å². The molecule has 0 aromatic carbocycles. The van der Waals surface area contributed by atoms with E-state index in [-0.39, 0.29) is 5.92 Å². The molecule has 19 heavy (non-hydrogen) atoms. The first-order valence-corrected chi connectivity index (χ1v) is 6.72. The molecule has 0 saturated heterocycles. The van der Waals surface area contributed by atoms with Gasteiger partial charge in [0.25, 0.3) is 0 Å². The average Bonchev–Trinajstić information content (AvgIpc) is 2.42. The highest BCUT2D eigenvalue weighted by Gasteiger charge is 2.15. The number of aromatic nitrogens is 2. The van der Waals surface area contributed by atoms with Crippen molar-refractivity contribution in [1.29, 1.82) is 0 Å². The summed E-state index contributed by atoms with van der Waals surface area (Å²) in [6.45, 7) is 8.04. The number of hydrogen-bond donors (Lipinski definition) is 2. The molecule has 6 nitrogen and oxygen atoms in total. The Morgan fingerprint density at radius 1 is 1.26 bits per heavy atom. The summed E-state index contributed by atoms with van der Waals surface area (Å²) in [5.74, 6) is 6.84. The van der Waals surface area contributed by atoms with Crippen molar-refractivity contribution in [3.63, 3.8) is 0 Å². The number of rotatable bonds is 9. The van der Waals surface area contributed by atoms with Crippen molar-refractivity contribution in [3.05, 3.63) is 11.9 Å². The van der Waals surface area contributed by atoms with Gasteiger partial charge in [0.15, 0.2) is 5.82 Å². The van der Waals surface area contributed by atoms with Gasteiger partial charge in [-0.05, 0) is 12.3 Å². The third-order valence-corrected chi connectivity index (χ3v) is 2.67. The second-order valence-corrected chi connectivity index (χ2v) is 4.55. The minimum absolute atomic E-state index is 0.225. The zero-order chi connectivity index (χ0) is 14.1. The van der Waals surface area contributed by atoms with Crippen molar-refractivity contribution in [2.24, 2.45) is 5.84 Å². The van der Waals surface area contributed by atoms with Crippen LogP contribution in [0.3, 0.4) is 0 Å². The number of unbranched alkanes of at least 4 members (excludes halogenated alkanes) is 1. The third kappa shape index (κ3) is 5.00. The maximum atomic E-state index is 5.65. The molecule has 0 unspecified atom stereocenters. The summed E-state index contributed by atoms with van der Waals surface area (Å²) in [6, 6.07) is 0. The molecule has 1 aromatic rings. The molecule has 1 rings (SSSR count). The van der Waals surface area contributed by atoms with Crippen molar-refractivity contribution >= 4 is 5.82 Å². The number of nitrogen functional groups attached to an aromatic ring is 1. The Morgan fingerprint density at radius 2 is 2.05 bits per heavy atom. The fourth-order valence-electron chi connectivity index (χ4n) is 1.68. The highest BCUT2D eigenvalue weighted by atomic mass is 16.5. The van der Waals surface area contributed by atoms with Crippen LogP contribution in [-0.2, 0) is 4.74 Å². The smallest absolute Gasteiger partial charge is 0.222 e. The number of nitrogens with zero attached hydrogens (tertiary/aromatic N) is 2. The van der Waals surface area contributed by atoms with Crippen LogP contribution in [0.15, 0.2) is 6.33 Å². The van der Waals surface area contributed by atoms with Crippen molar-refractivity contribution in [1.82, 2.24) is 9.97 Å². The summed E-state index contributed by atoms with van der Waals surface area (Å²) >= 11 is 0. The molecule has 0 fully saturated rings. The summed E-state index contributed by atoms with van der Waals surface area (Å²) in [7, 11) is 0. The van der Waals surface area contributed by atoms with Gasteiger partial charge in [-0.3, -0.25) is 0 Å². The van der Waals surface area contributed by atoms with E-state index in [4.69, 9.17) is 15.3 Å². The molecule has 0 saturated carbocycles. The van der Waals surface area contributed by atoms with E-state index in [9.17, 15) is 0 Å². The van der Waals surface area contributed by atoms with E-state index >= 15 is 0 Å². The van der Waals surface area contributed by atoms with Crippen LogP contribution in [0.4, 0.5) is 5.82 Å². The third-order valence-electron chi connectivity index (χ3n) is 2.67. The van der Waals surface area contributed by atoms with Crippen LogP contribution >= 0.6 is 0 Å². The fourth-order valence-corrected chi connectivity index (χ4v) is 1.68. The van der Waals surface area contributed by atoms with Crippen LogP contribution in [-0.4, -0.2) is 29.8 Å². The Morgan fingerprint density at radius 3 is 2.68 bits per heavy atom. The number of anilines is 1. The van der Waals surface area contributed by atoms with Gasteiger partial charge in [-0.2, -0.15) is 0 Å². The molecule has 1 aromatic heterocycles. The Balaban J connectivity index is 2.53. The van der Waals surface area contributed by atoms with Gasteiger partial charge in [0, 0.05) is 6.61 Å². The van der Waals surface area contributed by atoms with Crippen LogP contribution in [0.25, 0.3) is 0 Å². The van der Waals surface area contributed by atoms with Gasteiger partial charge < -0.3 is 14.9 Å². The van der Waals surface area contributed by atoms with Crippen molar-refractivity contribution in [2.75, 3.05) is 25.2 Å². The second kappa shape index (κ2) is 8.66. The zero-order valence-electron chi connectivity index (χ0n) is 12.0. The molecule has 1 heterocycles. The van der Waals surface area contributed by atoms with Crippen molar-refractivity contribution < 1.29 is 9.47 Å². The van der Waals surface area contributed by atoms with E-state index in [1.165, 1.54) is 6.33 Å². The fraction of sp³-hybridized carbons (Fsp3) is 0.692. The van der Waals surface area contributed by atoms with Crippen LogP contribution < -0.4 is 16.0 Å². The molecular weight excluding hydrogens is 244 g/mol. The average molecular weight is 268 g/mol. The first-order valence-electron chi connectivity index (χ1n) is 6.72. The van der Waals surface area contributed by atoms with E-state index < -0.39 is 0 Å². The Kier molecular flexibility index (Phi) is 7.14. The van der Waals surface area contributed by atoms with Gasteiger partial charge in [0.1, 0.15) is 12.9 Å². The maximum absolute atomic E-state index is 5.65. The van der Waals surface area contributed by atoms with Crippen molar-refractivity contribution in [3.8, 4) is 5.88 Å². The predicted octanol–water partition coefficient (Wildman–Crippen LogP) is 2.08. The molecular formula is C13H24N4O2. The highest BCUT2D eigenvalue weighted by Crippen LogP contribution is 2.29. The van der Waals surface area contributed by atoms with Gasteiger partial charge in [0.2, 0.25) is 5.88 Å². The highest BCUT2D eigenvalue weighted by molar-refractivity contribution is 5.49. The molecule has 0 radical (unpaired) electrons. The number of ether oxygens (including phenoxy) is 2. The van der Waals surface area contributed by atoms with Crippen LogP contribution in [0, 0.1) is 0 Å². The minimum Gasteiger partial charge on any atom is -0.475 e. The predicted molar refractivity (Wildman–Crippen MR) is 75.2 cm³/mol. The topological polar surface area (TPSA) is 82.3 Å². The Hall–Kier alpha value is -1.40. The first kappa shape index (κ1) is 15.7. The van der Waals surface area contributed by atoms with E-state index in [0.29, 0.717) is 24.9 Å². The van der Waals surface area contributed by atoms with Gasteiger partial charge in [-0.25, -0.2) is 15.8 Å². The molecule has 3 N–H and O–H groups in total. The quantitative estimate of drug-likeness (QED) is 0.405. The minimum atomic E-state index is 0.225. The van der Waals surface area contributed by atoms with Crippen LogP contribution in [0.5, 0.6) is 5.88 Å². The van der Waals surface area contributed by atoms with Crippen molar-refractivity contribution in [2.45, 2.75) is 39.5 Å². The summed E-state index contributed by atoms with van der Waals surface area (Å²) in [4.78, 5) is 8.25. The van der Waals surface area contributed by atoms with Gasteiger partial charge in [-0.15, -0.1) is 0 Å². The lowest BCUT2D eigenvalue weighted by molar-refractivity contribution is 0.0960. The summed E-state index contributed by atoms with van der Waals surface area (Å²) in [5, 5.41) is 0. The van der Waals surface area contributed by atoms with E-state index in [2.05, 4.69) is 22.3 Å². The number of hydrogen-bond acceptors (Lipinski definition) is 6. The molecule has 108 valence electrons. The largest absolute Gasteiger partial charge is 0.475 e. The lowest BCUT2D eigenvalue weighted by Gasteiger charge is -2.15. The molecule has 0 amide bonds. The van der Waals surface area contributed by atoms with Gasteiger partial charge in [0.05, 0.1) is 12.2 Å². The van der Waals surface area contributed by atoms with Gasteiger partial charge >= 0.3 is 0 Å². The van der Waals surface area contributed by atoms with Gasteiger partial charge in [-0.1, -0.05) is 27.2 Å². The van der Waals surface area contributed by atoms with Crippen LogP contribution in [0.1, 0.15) is 45.1 Å². The Labute approximate surface area is 114 Å². The zero-order valence-corrected chi connectivity index (χ0v) is 12.0. The summed E-state index contributed by atoms with van der Waals surface area (Å²) < 4.78 is 11.1. The molecule has 0 spiro atoms. The number of nitrogens with one attached hydrogen (secondary N) is 1. The number of nitrogens with two attached hydrogens (primary N) is 1. The summed E-state index contributed by atoms with van der Waals surface area (Å²) in [6.07, 6.45) is 3.65. The molecule has 0 atom stereocenters. The maximum Gasteiger partial charge on any atom is 0.222 e. The van der Waals surface area contributed by atoms with E-state index in [1.807, 2.05) is 13.8 Å². The first-order chi connectivity index (χ1) is 9.20. The molecule has 6 heteroatoms. The molecule has 0 aliphatic heterocycles. The standard InChI is InChI=1S/C13H24N4O2/c1-4-5-6-18-7-8-19-13-11(10(2)3)12(17-14)15-9-16-13/h9-10H,4-8,14H2,1-3H3,(H,15,16,17). The van der Waals surface area contributed by atoms with Crippen LogP contribution in [0.2, 0.25) is 0 Å². The Bertz CT molecular complexity index is 372. The lowest BCUT2D eigenvalue weighted by atomic mass is 10.1. The summed E-state index contributed by atoms with van der Waals surface area (Å²) in [5.41, 5.74) is 3.46. The second-order valence-electron chi connectivity index (χ2n) is 4.55. The monoisotopic (exact) mass is 268 g/mol. The number of hydrazine groups is 1. The van der Waals surface area contributed by atoms with E-state index in [0.717, 1.165) is 25.0 Å². The lowest BCUT2D eigenvalue weighted by Crippen LogP contribution is -2.15. The SMILES string of the molecule is CCCCOCCOc1ncnc(NN)c1C(C)C. The molecule has 0 aliphatic carbocycles. The molecule has 0 bridgehead atoms. The molecule has 0 aliphatic rings. The normalized spacial score (nSPS) is 10.8.